The third-order valence-corrected chi connectivity index (χ3v) is 23.7. The maximum absolute atomic E-state index is 12.2. The van der Waals surface area contributed by atoms with Gasteiger partial charge < -0.3 is 59.4 Å². The van der Waals surface area contributed by atoms with E-state index in [9.17, 15) is 33.9 Å². The number of carboxylic acid groups (broad SMARTS) is 1. The van der Waals surface area contributed by atoms with Crippen molar-refractivity contribution < 1.29 is 133 Å². The number of H-pyrrole nitrogens is 2. The minimum absolute atomic E-state index is 0. The Hall–Kier alpha value is -10.6. The fourth-order valence-corrected chi connectivity index (χ4v) is 17.4. The summed E-state index contributed by atoms with van der Waals surface area (Å²) in [6.45, 7) is 20.4. The number of nitrogens with one attached hydrogen (secondary N) is 3. The molecule has 3 aliphatic rings. The molecule has 3 aliphatic carbocycles. The monoisotopic (exact) mass is 2030 g/mol. The smallest absolute Gasteiger partial charge is 0.870 e. The molecule has 4 aromatic heterocycles. The van der Waals surface area contributed by atoms with Crippen molar-refractivity contribution in [2.75, 3.05) is 31.7 Å². The summed E-state index contributed by atoms with van der Waals surface area (Å²) in [6, 6.07) is 79.9. The summed E-state index contributed by atoms with van der Waals surface area (Å²) < 4.78 is 25.9. The molecule has 10 aromatic carbocycles. The second-order valence-electron chi connectivity index (χ2n) is 30.8. The fraction of sp³-hybridized carbons (Fsp3) is 0.259. The van der Waals surface area contributed by atoms with Gasteiger partial charge in [0.15, 0.2) is 0 Å². The van der Waals surface area contributed by atoms with Crippen LogP contribution in [0.15, 0.2) is 267 Å². The third-order valence-electron chi connectivity index (χ3n) is 22.1. The van der Waals surface area contributed by atoms with Gasteiger partial charge in [0.2, 0.25) is 5.91 Å². The summed E-state index contributed by atoms with van der Waals surface area (Å²) in [5, 5.41) is 16.3. The zero-order valence-electron chi connectivity index (χ0n) is 75.4. The van der Waals surface area contributed by atoms with Crippen LogP contribution >= 0.6 is 38.5 Å². The van der Waals surface area contributed by atoms with E-state index in [1.807, 2.05) is 162 Å². The number of alkyl halides is 1. The standard InChI is InChI=1S/C24H25NO2.C22H23NO2.2C18H17NO2.C11H12INO3.C9H8.C6H9Br.Cs.2H2O/c1-3-27-24(26)19-14-15-22-21(16-19)17(2)23(18-10-6-4-7-11-18)25(22)20-12-8-5-9-13-20;1-15-19-14-17(22(24)25)12-13-20(19)23(18-10-6-3-7-11-18)21(15)16-8-4-2-5-9-16;1-3-21-18(20)14-9-10-16-15(11-14)17(12(2)19-16)13-7-5-4-6-8-13;1-3-21-18(20)14-9-10-16-15(11-14)12(2)17(19-16)13-7-5-4-6-8-13;1-3-16-11(15)8-4-5-10(9(12)6-8)13-7(2)14;1-2-6-9-7-4-3-5-8-9;7-6-4-2-1-3-5-6;;;/h4,6-8,10-12,14-16,20H,3,5,9,13H2,1-2H3;2,4-5,8-9,12-14,18H,3,6-7,10-11H2,1H3,(H,24,25);2*4-11,19H,3H2,1-2H3;4-6H,3H2,1-2H3,(H,13,14);3-5,7-8H,1H3;2,4,6H,1,3,5H2;;2*1H2/q;;;;;;;+1;;/p-1. The number of aromatic amines is 2. The van der Waals surface area contributed by atoms with Gasteiger partial charge in [-0.15, -0.1) is 5.92 Å². The molecule has 0 aliphatic heterocycles. The van der Waals surface area contributed by atoms with E-state index < -0.39 is 5.97 Å². The van der Waals surface area contributed by atoms with E-state index in [2.05, 4.69) is 199 Å². The van der Waals surface area contributed by atoms with Gasteiger partial charge in [-0.1, -0.05) is 205 Å². The molecule has 2 atom stereocenters. The van der Waals surface area contributed by atoms with Crippen LogP contribution in [0.2, 0.25) is 0 Å². The maximum atomic E-state index is 12.2. The molecule has 21 heteroatoms. The van der Waals surface area contributed by atoms with E-state index in [0.717, 1.165) is 93.7 Å². The molecule has 18 nitrogen and oxygen atoms in total. The minimum Gasteiger partial charge on any atom is -0.870 e. The number of esters is 4. The Morgan fingerprint density at radius 3 is 1.34 bits per heavy atom. The Balaban J connectivity index is 0.000000191. The summed E-state index contributed by atoms with van der Waals surface area (Å²) in [5.74, 6) is 3.62. The number of ether oxygens (including phenoxy) is 4. The molecule has 1 fully saturated rings. The number of aromatic nitrogens is 4. The van der Waals surface area contributed by atoms with Gasteiger partial charge in [-0.05, 0) is 278 Å². The molecule has 4 heterocycles. The van der Waals surface area contributed by atoms with Crippen LogP contribution in [0.5, 0.6) is 0 Å². The number of halogens is 2. The predicted molar refractivity (Wildman–Crippen MR) is 530 cm³/mol. The van der Waals surface area contributed by atoms with E-state index in [4.69, 9.17) is 18.9 Å². The summed E-state index contributed by atoms with van der Waals surface area (Å²) in [6.07, 6.45) is 22.8. The fourth-order valence-electron chi connectivity index (χ4n) is 16.2. The number of nitrogens with zero attached hydrogens (tertiary/aromatic N) is 2. The van der Waals surface area contributed by atoms with Crippen molar-refractivity contribution in [2.45, 2.75) is 157 Å². The zero-order chi connectivity index (χ0) is 89.6. The number of hydrogen-bond acceptors (Lipinski definition) is 11. The Labute approximate surface area is 837 Å². The van der Waals surface area contributed by atoms with Gasteiger partial charge in [-0.25, -0.2) is 24.0 Å². The Morgan fingerprint density at radius 2 is 0.891 bits per heavy atom. The largest absolute Gasteiger partial charge is 1.00 e. The molecular weight excluding hydrogens is 1910 g/mol. The summed E-state index contributed by atoms with van der Waals surface area (Å²) >= 11 is 5.56. The SMILES string of the molecule is BrC1C=CCCC1.CC#Cc1ccccc1.CCOC(=O)c1ccc(NC(C)=O)c(I)c1.CCOC(=O)c1ccc2[nH]c(-c3ccccc3)c(C)c2c1.CCOC(=O)c1ccc2[nH]c(C)c(-c3ccccc3)c2c1.CCOC(=O)c1ccc2c(c1)c(C)c(-c1ccccc1)n2C1C=CCCC1.Cc1c(-c2ccccc2)n(C2CCCCC2)c2ccc(C(=O)O)cc12.O.[Cs+].[OH-]. The van der Waals surface area contributed by atoms with Crippen LogP contribution in [0.3, 0.4) is 0 Å². The number of carbonyl (C=O) groups is 6. The molecule has 0 saturated heterocycles. The first kappa shape index (κ1) is 104. The number of carboxylic acids is 1. The van der Waals surface area contributed by atoms with Gasteiger partial charge in [0.05, 0.1) is 77.4 Å². The van der Waals surface area contributed by atoms with Crippen molar-refractivity contribution in [2.24, 2.45) is 0 Å². The number of aryl methyl sites for hydroxylation is 4. The minimum atomic E-state index is -0.868. The molecular formula is C108H114BrCsIN5O13. The molecule has 14 aromatic rings. The van der Waals surface area contributed by atoms with Crippen molar-refractivity contribution in [1.82, 2.24) is 19.1 Å². The quantitative estimate of drug-likeness (QED) is 0.0176. The van der Waals surface area contributed by atoms with E-state index >= 15 is 0 Å². The van der Waals surface area contributed by atoms with Crippen molar-refractivity contribution >= 4 is 124 Å². The van der Waals surface area contributed by atoms with Gasteiger partial charge in [0.1, 0.15) is 0 Å². The van der Waals surface area contributed by atoms with Gasteiger partial charge in [-0.2, -0.15) is 0 Å². The second-order valence-corrected chi connectivity index (χ2v) is 33.1. The van der Waals surface area contributed by atoms with E-state index in [1.165, 1.54) is 104 Å². The molecule has 0 spiro atoms. The van der Waals surface area contributed by atoms with Gasteiger partial charge in [-0.3, -0.25) is 4.79 Å². The first-order valence-corrected chi connectivity index (χ1v) is 45.3. The molecule has 129 heavy (non-hydrogen) atoms. The molecule has 664 valence electrons. The number of allylic oxidation sites excluding steroid dienone is 4. The number of aromatic carboxylic acids is 1. The average Bonchev–Trinajstić information content (AvgIpc) is 1.60. The number of hydrogen-bond donors (Lipinski definition) is 4. The van der Waals surface area contributed by atoms with Crippen molar-refractivity contribution in [1.29, 1.82) is 0 Å². The number of fused-ring (bicyclic) bond motifs is 4. The Morgan fingerprint density at radius 1 is 0.473 bits per heavy atom. The molecule has 2 unspecified atom stereocenters. The van der Waals surface area contributed by atoms with Gasteiger partial charge in [0.25, 0.3) is 0 Å². The number of amides is 1. The van der Waals surface area contributed by atoms with Crippen LogP contribution in [0.1, 0.15) is 204 Å². The van der Waals surface area contributed by atoms with Crippen LogP contribution in [0, 0.1) is 43.1 Å². The normalized spacial score (nSPS) is 13.4. The molecule has 1 amide bonds. The first-order valence-electron chi connectivity index (χ1n) is 43.3. The first-order chi connectivity index (χ1) is 61.1. The van der Waals surface area contributed by atoms with Crippen LogP contribution in [-0.4, -0.2) is 102 Å². The van der Waals surface area contributed by atoms with E-state index in [0.29, 0.717) is 76.8 Å². The second kappa shape index (κ2) is 52.3. The van der Waals surface area contributed by atoms with E-state index in [-0.39, 0.29) is 110 Å². The predicted octanol–water partition coefficient (Wildman–Crippen LogP) is 23.5. The van der Waals surface area contributed by atoms with Crippen molar-refractivity contribution in [3.05, 3.63) is 326 Å². The van der Waals surface area contributed by atoms with Crippen molar-refractivity contribution in [3.8, 4) is 56.7 Å². The van der Waals surface area contributed by atoms with Crippen molar-refractivity contribution in [3.63, 3.8) is 0 Å². The molecule has 1 saturated carbocycles. The number of benzene rings is 10. The summed E-state index contributed by atoms with van der Waals surface area (Å²) in [4.78, 5) is 77.2. The number of anilines is 1. The topological polar surface area (TPSA) is 275 Å². The van der Waals surface area contributed by atoms with Gasteiger partial charge in [0, 0.05) is 87.5 Å². The number of carbonyl (C=O) groups excluding carboxylic acids is 5. The Kier molecular flexibility index (Phi) is 42.1. The third kappa shape index (κ3) is 27.7. The van der Waals surface area contributed by atoms with Gasteiger partial charge >= 0.3 is 98.7 Å². The van der Waals surface area contributed by atoms with Crippen LogP contribution < -0.4 is 74.2 Å². The van der Waals surface area contributed by atoms with Crippen LogP contribution in [-0.2, 0) is 23.7 Å². The Bertz CT molecular complexity index is 6200. The van der Waals surface area contributed by atoms with E-state index in [1.54, 1.807) is 43.3 Å². The van der Waals surface area contributed by atoms with Crippen LogP contribution in [0.25, 0.3) is 88.5 Å². The molecule has 7 N–H and O–H groups in total. The summed E-state index contributed by atoms with van der Waals surface area (Å²) in [7, 11) is 0. The van der Waals surface area contributed by atoms with Crippen LogP contribution in [0.4, 0.5) is 5.69 Å². The molecule has 0 bridgehead atoms. The zero-order valence-corrected chi connectivity index (χ0v) is 85.4. The average molecular weight is 2030 g/mol. The molecule has 17 rings (SSSR count). The maximum Gasteiger partial charge on any atom is 1.00 e. The summed E-state index contributed by atoms with van der Waals surface area (Å²) in [5.41, 5.74) is 22.8. The molecule has 0 radical (unpaired) electrons. The number of rotatable bonds is 16.